The molecule has 2 aliphatic rings. The SMILES string of the molecule is c1cc(-c2ccc3ccccc3c2)cc(N(c2ccc3c(c2)-c2c4cccc2-c2cccc-3c2-c2ccccc2-4)c2ccc3ccccc3c2)c1. The molecule has 0 heterocycles. The van der Waals surface area contributed by atoms with Crippen molar-refractivity contribution in [2.24, 2.45) is 0 Å². The van der Waals surface area contributed by atoms with E-state index in [1.165, 1.54) is 88.3 Å². The summed E-state index contributed by atoms with van der Waals surface area (Å²) in [5.74, 6) is 0. The first-order valence-electron chi connectivity index (χ1n) is 17.7. The molecule has 11 rings (SSSR count). The van der Waals surface area contributed by atoms with Crippen LogP contribution in [0.2, 0.25) is 0 Å². The van der Waals surface area contributed by atoms with Crippen LogP contribution in [0, 0.1) is 0 Å². The van der Waals surface area contributed by atoms with Gasteiger partial charge in [0.15, 0.2) is 0 Å². The van der Waals surface area contributed by atoms with Crippen molar-refractivity contribution in [1.82, 2.24) is 0 Å². The molecule has 0 aromatic heterocycles. The molecule has 0 N–H and O–H groups in total. The molecule has 2 aliphatic carbocycles. The van der Waals surface area contributed by atoms with Crippen LogP contribution in [0.3, 0.4) is 0 Å². The zero-order chi connectivity index (χ0) is 33.5. The lowest BCUT2D eigenvalue weighted by Gasteiger charge is -2.28. The molecule has 1 heteroatoms. The predicted octanol–water partition coefficient (Wildman–Crippen LogP) is 14.1. The molecule has 0 unspecified atom stereocenters. The number of nitrogens with zero attached hydrogens (tertiary/aromatic N) is 1. The highest BCUT2D eigenvalue weighted by Gasteiger charge is 2.31. The third kappa shape index (κ3) is 4.28. The topological polar surface area (TPSA) is 3.24 Å². The van der Waals surface area contributed by atoms with Crippen LogP contribution in [0.5, 0.6) is 0 Å². The molecule has 0 saturated carbocycles. The van der Waals surface area contributed by atoms with Crippen molar-refractivity contribution in [3.8, 4) is 66.8 Å². The van der Waals surface area contributed by atoms with Crippen LogP contribution in [-0.4, -0.2) is 0 Å². The van der Waals surface area contributed by atoms with E-state index in [0.29, 0.717) is 0 Å². The minimum atomic E-state index is 1.12. The largest absolute Gasteiger partial charge is 0.310 e. The predicted molar refractivity (Wildman–Crippen MR) is 216 cm³/mol. The Labute approximate surface area is 297 Å². The maximum Gasteiger partial charge on any atom is 0.0468 e. The van der Waals surface area contributed by atoms with Gasteiger partial charge in [-0.25, -0.2) is 0 Å². The molecule has 0 amide bonds. The Morgan fingerprint density at radius 3 is 1.45 bits per heavy atom. The summed E-state index contributed by atoms with van der Waals surface area (Å²) in [7, 11) is 0. The summed E-state index contributed by atoms with van der Waals surface area (Å²) in [5, 5.41) is 4.96. The van der Waals surface area contributed by atoms with Crippen molar-refractivity contribution >= 4 is 38.6 Å². The highest BCUT2D eigenvalue weighted by molar-refractivity contribution is 6.15. The van der Waals surface area contributed by atoms with E-state index in [-0.39, 0.29) is 0 Å². The van der Waals surface area contributed by atoms with Gasteiger partial charge in [0.25, 0.3) is 0 Å². The van der Waals surface area contributed by atoms with Crippen LogP contribution >= 0.6 is 0 Å². The van der Waals surface area contributed by atoms with Gasteiger partial charge in [0, 0.05) is 17.1 Å². The molecular formula is C50H31N. The number of benzene rings is 9. The lowest BCUT2D eigenvalue weighted by Crippen LogP contribution is -2.10. The van der Waals surface area contributed by atoms with Gasteiger partial charge in [-0.05, 0) is 131 Å². The van der Waals surface area contributed by atoms with Gasteiger partial charge in [-0.15, -0.1) is 0 Å². The summed E-state index contributed by atoms with van der Waals surface area (Å²) in [6.07, 6.45) is 0. The van der Waals surface area contributed by atoms with Crippen LogP contribution in [0.25, 0.3) is 88.3 Å². The standard InChI is InChI=1S/C50H31N/c1-3-12-34-28-37(23-22-32(34)10-1)36-14-7-15-38(30-36)51(39-25-24-33-11-2-4-13-35(33)29-39)40-26-27-42-45-19-9-20-46-47-21-8-18-44(50(47)48(42)31-40)41-16-5-6-17-43(41)49(45)46/h1-31H. The normalized spacial score (nSPS) is 11.9. The van der Waals surface area contributed by atoms with Crippen molar-refractivity contribution in [2.75, 3.05) is 4.90 Å². The molecule has 0 fully saturated rings. The third-order valence-electron chi connectivity index (χ3n) is 10.9. The van der Waals surface area contributed by atoms with Crippen LogP contribution in [0.4, 0.5) is 17.1 Å². The van der Waals surface area contributed by atoms with E-state index >= 15 is 0 Å². The van der Waals surface area contributed by atoms with Crippen molar-refractivity contribution in [1.29, 1.82) is 0 Å². The first-order chi connectivity index (χ1) is 25.3. The van der Waals surface area contributed by atoms with Crippen LogP contribution in [0.15, 0.2) is 188 Å². The first-order valence-corrected chi connectivity index (χ1v) is 17.7. The highest BCUT2D eigenvalue weighted by Crippen LogP contribution is 2.57. The summed E-state index contributed by atoms with van der Waals surface area (Å²) < 4.78 is 0. The Morgan fingerprint density at radius 1 is 0.235 bits per heavy atom. The first kappa shape index (κ1) is 28.2. The Hall–Kier alpha value is -6.70. The van der Waals surface area contributed by atoms with E-state index in [1.54, 1.807) is 0 Å². The third-order valence-corrected chi connectivity index (χ3v) is 10.9. The molecule has 1 nitrogen and oxygen atoms in total. The van der Waals surface area contributed by atoms with Crippen LogP contribution in [-0.2, 0) is 0 Å². The van der Waals surface area contributed by atoms with Crippen LogP contribution in [0.1, 0.15) is 0 Å². The average Bonchev–Trinajstić information content (AvgIpc) is 3.30. The highest BCUT2D eigenvalue weighted by atomic mass is 15.1. The maximum atomic E-state index is 2.43. The lowest BCUT2D eigenvalue weighted by atomic mass is 9.83. The van der Waals surface area contributed by atoms with Crippen molar-refractivity contribution in [3.05, 3.63) is 188 Å². The van der Waals surface area contributed by atoms with Crippen molar-refractivity contribution in [2.45, 2.75) is 0 Å². The van der Waals surface area contributed by atoms with Gasteiger partial charge in [-0.2, -0.15) is 0 Å². The van der Waals surface area contributed by atoms with Gasteiger partial charge in [0.05, 0.1) is 0 Å². The summed E-state index contributed by atoms with van der Waals surface area (Å²) in [5.41, 5.74) is 18.8. The van der Waals surface area contributed by atoms with Crippen molar-refractivity contribution in [3.63, 3.8) is 0 Å². The molecule has 51 heavy (non-hydrogen) atoms. The fraction of sp³-hybridized carbons (Fsp3) is 0. The molecule has 0 saturated heterocycles. The van der Waals surface area contributed by atoms with E-state index in [0.717, 1.165) is 17.1 Å². The minimum Gasteiger partial charge on any atom is -0.310 e. The average molecular weight is 646 g/mol. The quantitative estimate of drug-likeness (QED) is 0.184. The molecule has 0 spiro atoms. The molecule has 9 aromatic rings. The van der Waals surface area contributed by atoms with E-state index in [9.17, 15) is 0 Å². The molecule has 0 aliphatic heterocycles. The molecule has 236 valence electrons. The van der Waals surface area contributed by atoms with Gasteiger partial charge in [0.1, 0.15) is 0 Å². The Balaban J connectivity index is 1.15. The van der Waals surface area contributed by atoms with E-state index in [1.807, 2.05) is 0 Å². The van der Waals surface area contributed by atoms with Gasteiger partial charge in [-0.3, -0.25) is 0 Å². The lowest BCUT2D eigenvalue weighted by molar-refractivity contribution is 1.29. The number of fused-ring (bicyclic) bond motifs is 6. The van der Waals surface area contributed by atoms with Crippen LogP contribution < -0.4 is 4.90 Å². The Morgan fingerprint density at radius 2 is 0.706 bits per heavy atom. The zero-order valence-corrected chi connectivity index (χ0v) is 27.8. The smallest absolute Gasteiger partial charge is 0.0468 e. The number of hydrogen-bond donors (Lipinski definition) is 0. The molecule has 6 bridgehead atoms. The fourth-order valence-electron chi connectivity index (χ4n) is 8.59. The number of hydrogen-bond acceptors (Lipinski definition) is 1. The summed E-state index contributed by atoms with van der Waals surface area (Å²) in [4.78, 5) is 2.43. The summed E-state index contributed by atoms with van der Waals surface area (Å²) in [6, 6.07) is 69.5. The van der Waals surface area contributed by atoms with E-state index < -0.39 is 0 Å². The second-order valence-corrected chi connectivity index (χ2v) is 13.7. The summed E-state index contributed by atoms with van der Waals surface area (Å²) >= 11 is 0. The zero-order valence-electron chi connectivity index (χ0n) is 27.8. The fourth-order valence-corrected chi connectivity index (χ4v) is 8.59. The summed E-state index contributed by atoms with van der Waals surface area (Å²) in [6.45, 7) is 0. The van der Waals surface area contributed by atoms with Crippen molar-refractivity contribution < 1.29 is 0 Å². The monoisotopic (exact) mass is 645 g/mol. The number of rotatable bonds is 4. The van der Waals surface area contributed by atoms with E-state index in [4.69, 9.17) is 0 Å². The van der Waals surface area contributed by atoms with Gasteiger partial charge in [-0.1, -0.05) is 146 Å². The second-order valence-electron chi connectivity index (χ2n) is 13.7. The minimum absolute atomic E-state index is 1.12. The number of anilines is 3. The Kier molecular flexibility index (Phi) is 6.02. The van der Waals surface area contributed by atoms with Gasteiger partial charge in [0.2, 0.25) is 0 Å². The van der Waals surface area contributed by atoms with E-state index in [2.05, 4.69) is 193 Å². The molecule has 0 radical (unpaired) electrons. The van der Waals surface area contributed by atoms with Gasteiger partial charge < -0.3 is 4.90 Å². The molecular weight excluding hydrogens is 615 g/mol. The maximum absolute atomic E-state index is 2.43. The Bertz CT molecular complexity index is 2850. The second kappa shape index (κ2) is 10.9. The molecule has 0 atom stereocenters. The van der Waals surface area contributed by atoms with Gasteiger partial charge >= 0.3 is 0 Å². The molecule has 9 aromatic carbocycles.